The average molecular weight is 346 g/mol. The number of pyridine rings is 1. The van der Waals surface area contributed by atoms with E-state index in [9.17, 15) is 18.0 Å². The van der Waals surface area contributed by atoms with Crippen LogP contribution in [0.1, 0.15) is 12.6 Å². The maximum atomic E-state index is 12.5. The highest BCUT2D eigenvalue weighted by Crippen LogP contribution is 2.20. The number of hydrogen-bond acceptors (Lipinski definition) is 4. The lowest BCUT2D eigenvalue weighted by molar-refractivity contribution is -0.153. The van der Waals surface area contributed by atoms with E-state index in [1.54, 1.807) is 25.1 Å². The van der Waals surface area contributed by atoms with Crippen LogP contribution in [0.3, 0.4) is 0 Å². The number of amides is 2. The summed E-state index contributed by atoms with van der Waals surface area (Å²) in [5.41, 5.74) is 0.645. The molecule has 6 nitrogen and oxygen atoms in total. The van der Waals surface area contributed by atoms with E-state index in [1.165, 1.54) is 16.9 Å². The average Bonchev–Trinajstić information content (AvgIpc) is 2.53. The van der Waals surface area contributed by atoms with Gasteiger partial charge in [-0.15, -0.1) is 0 Å². The molecule has 0 radical (unpaired) electrons. The summed E-state index contributed by atoms with van der Waals surface area (Å²) in [6.45, 7) is 1.69. The molecule has 9 heteroatoms. The summed E-state index contributed by atoms with van der Waals surface area (Å²) < 4.78 is 42.5. The Kier molecular flexibility index (Phi) is 5.87. The summed E-state index contributed by atoms with van der Waals surface area (Å²) in [6, 6.07) is 4.57. The van der Waals surface area contributed by atoms with Gasteiger partial charge in [0, 0.05) is 31.7 Å². The predicted molar refractivity (Wildman–Crippen MR) is 81.7 cm³/mol. The molecule has 0 spiro atoms. The fraction of sp³-hybridized carbons (Fsp3) is 0.600. The van der Waals surface area contributed by atoms with Gasteiger partial charge in [-0.05, 0) is 13.0 Å². The van der Waals surface area contributed by atoms with E-state index in [-0.39, 0.29) is 38.3 Å². The number of alkyl halides is 3. The number of nitrogens with one attached hydrogen (secondary N) is 1. The molecule has 1 atom stereocenters. The Hall–Kier alpha value is -2.03. The van der Waals surface area contributed by atoms with Crippen LogP contribution in [0.15, 0.2) is 18.2 Å². The van der Waals surface area contributed by atoms with Gasteiger partial charge in [0.25, 0.3) is 0 Å². The number of piperazine rings is 1. The number of nitrogens with zero attached hydrogens (tertiary/aromatic N) is 3. The van der Waals surface area contributed by atoms with Crippen LogP contribution in [-0.4, -0.2) is 66.3 Å². The van der Waals surface area contributed by atoms with Gasteiger partial charge in [-0.25, -0.2) is 9.78 Å². The van der Waals surface area contributed by atoms with Crippen molar-refractivity contribution in [3.8, 4) is 5.88 Å². The SMILES string of the molecule is COc1cccc(CNC(=O)N2CCN(CC(F)(F)F)C(C)C2)n1. The fourth-order valence-electron chi connectivity index (χ4n) is 2.59. The molecule has 1 aliphatic heterocycles. The molecule has 1 unspecified atom stereocenters. The van der Waals surface area contributed by atoms with Crippen molar-refractivity contribution in [2.45, 2.75) is 25.7 Å². The van der Waals surface area contributed by atoms with Crippen LogP contribution < -0.4 is 10.1 Å². The second kappa shape index (κ2) is 7.69. The maximum Gasteiger partial charge on any atom is 0.401 e. The molecule has 2 amide bonds. The minimum atomic E-state index is -4.23. The Balaban J connectivity index is 1.83. The van der Waals surface area contributed by atoms with Crippen molar-refractivity contribution < 1.29 is 22.7 Å². The van der Waals surface area contributed by atoms with Crippen molar-refractivity contribution in [2.75, 3.05) is 33.3 Å². The molecule has 1 N–H and O–H groups in total. The summed E-state index contributed by atoms with van der Waals surface area (Å²) >= 11 is 0. The molecule has 2 heterocycles. The first-order valence-electron chi connectivity index (χ1n) is 7.62. The second-order valence-corrected chi connectivity index (χ2v) is 5.71. The molecule has 0 aliphatic carbocycles. The summed E-state index contributed by atoms with van der Waals surface area (Å²) in [5, 5.41) is 2.73. The molecule has 134 valence electrons. The summed E-state index contributed by atoms with van der Waals surface area (Å²) in [7, 11) is 1.51. The Bertz CT molecular complexity index is 568. The van der Waals surface area contributed by atoms with Crippen molar-refractivity contribution in [3.05, 3.63) is 23.9 Å². The highest BCUT2D eigenvalue weighted by atomic mass is 19.4. The van der Waals surface area contributed by atoms with Gasteiger partial charge >= 0.3 is 12.2 Å². The van der Waals surface area contributed by atoms with Gasteiger partial charge in [-0.1, -0.05) is 6.07 Å². The van der Waals surface area contributed by atoms with E-state index in [0.29, 0.717) is 11.6 Å². The third-order valence-electron chi connectivity index (χ3n) is 3.85. The monoisotopic (exact) mass is 346 g/mol. The molecular weight excluding hydrogens is 325 g/mol. The number of rotatable bonds is 4. The molecule has 24 heavy (non-hydrogen) atoms. The molecule has 1 aliphatic rings. The number of halogens is 3. The summed E-state index contributed by atoms with van der Waals surface area (Å²) in [5.74, 6) is 0.455. The molecule has 0 aromatic carbocycles. The number of ether oxygens (including phenoxy) is 1. The van der Waals surface area contributed by atoms with Gasteiger partial charge < -0.3 is 15.0 Å². The third kappa shape index (κ3) is 5.26. The largest absolute Gasteiger partial charge is 0.481 e. The number of carbonyl (C=O) groups excluding carboxylic acids is 1. The zero-order valence-corrected chi connectivity index (χ0v) is 13.6. The third-order valence-corrected chi connectivity index (χ3v) is 3.85. The van der Waals surface area contributed by atoms with Crippen LogP contribution in [-0.2, 0) is 6.54 Å². The van der Waals surface area contributed by atoms with Crippen LogP contribution in [0.25, 0.3) is 0 Å². The number of methoxy groups -OCH3 is 1. The van der Waals surface area contributed by atoms with E-state index in [4.69, 9.17) is 4.74 Å². The fourth-order valence-corrected chi connectivity index (χ4v) is 2.59. The van der Waals surface area contributed by atoms with Crippen LogP contribution in [0.4, 0.5) is 18.0 Å². The number of carbonyl (C=O) groups is 1. The van der Waals surface area contributed by atoms with E-state index in [1.807, 2.05) is 0 Å². The van der Waals surface area contributed by atoms with Gasteiger partial charge in [0.15, 0.2) is 0 Å². The van der Waals surface area contributed by atoms with Crippen LogP contribution in [0.5, 0.6) is 5.88 Å². The molecule has 2 rings (SSSR count). The Labute approximate surface area is 138 Å². The first-order valence-corrected chi connectivity index (χ1v) is 7.62. The van der Waals surface area contributed by atoms with E-state index >= 15 is 0 Å². The van der Waals surface area contributed by atoms with Gasteiger partial charge in [-0.3, -0.25) is 4.90 Å². The van der Waals surface area contributed by atoms with Crippen LogP contribution in [0.2, 0.25) is 0 Å². The predicted octanol–water partition coefficient (Wildman–Crippen LogP) is 1.87. The second-order valence-electron chi connectivity index (χ2n) is 5.71. The molecule has 1 fully saturated rings. The molecule has 1 aromatic heterocycles. The summed E-state index contributed by atoms with van der Waals surface area (Å²) in [4.78, 5) is 19.2. The maximum absolute atomic E-state index is 12.5. The van der Waals surface area contributed by atoms with Gasteiger partial charge in [0.2, 0.25) is 5.88 Å². The standard InChI is InChI=1S/C15H21F3N4O2/c1-11-9-21(6-7-22(11)10-15(16,17)18)14(23)19-8-12-4-3-5-13(20-12)24-2/h3-5,11H,6-10H2,1-2H3,(H,19,23). The first kappa shape index (κ1) is 18.3. The molecule has 0 saturated carbocycles. The minimum absolute atomic E-state index is 0.200. The normalized spacial score (nSPS) is 19.2. The molecular formula is C15H21F3N4O2. The number of urea groups is 1. The van der Waals surface area contributed by atoms with Crippen molar-refractivity contribution >= 4 is 6.03 Å². The van der Waals surface area contributed by atoms with E-state index < -0.39 is 12.7 Å². The molecule has 1 saturated heterocycles. The Morgan fingerprint density at radius 1 is 1.42 bits per heavy atom. The lowest BCUT2D eigenvalue weighted by Crippen LogP contribution is -2.57. The van der Waals surface area contributed by atoms with Gasteiger partial charge in [-0.2, -0.15) is 13.2 Å². The van der Waals surface area contributed by atoms with E-state index in [0.717, 1.165) is 0 Å². The highest BCUT2D eigenvalue weighted by molar-refractivity contribution is 5.74. The van der Waals surface area contributed by atoms with Gasteiger partial charge in [0.05, 0.1) is 25.9 Å². The van der Waals surface area contributed by atoms with Crippen molar-refractivity contribution in [1.82, 2.24) is 20.1 Å². The highest BCUT2D eigenvalue weighted by Gasteiger charge is 2.35. The number of hydrogen-bond donors (Lipinski definition) is 1. The quantitative estimate of drug-likeness (QED) is 0.904. The lowest BCUT2D eigenvalue weighted by atomic mass is 10.2. The zero-order chi connectivity index (χ0) is 17.7. The Morgan fingerprint density at radius 3 is 2.79 bits per heavy atom. The van der Waals surface area contributed by atoms with Crippen LogP contribution >= 0.6 is 0 Å². The zero-order valence-electron chi connectivity index (χ0n) is 13.6. The Morgan fingerprint density at radius 2 is 2.17 bits per heavy atom. The van der Waals surface area contributed by atoms with Crippen molar-refractivity contribution in [3.63, 3.8) is 0 Å². The van der Waals surface area contributed by atoms with Gasteiger partial charge in [0.1, 0.15) is 0 Å². The number of aromatic nitrogens is 1. The van der Waals surface area contributed by atoms with Crippen molar-refractivity contribution in [2.24, 2.45) is 0 Å². The van der Waals surface area contributed by atoms with Crippen LogP contribution in [0, 0.1) is 0 Å². The topological polar surface area (TPSA) is 57.7 Å². The van der Waals surface area contributed by atoms with E-state index in [2.05, 4.69) is 10.3 Å². The molecule has 1 aromatic rings. The lowest BCUT2D eigenvalue weighted by Gasteiger charge is -2.39. The smallest absolute Gasteiger partial charge is 0.401 e. The first-order chi connectivity index (χ1) is 11.3. The summed E-state index contributed by atoms with van der Waals surface area (Å²) in [6.07, 6.45) is -4.23. The molecule has 0 bridgehead atoms. The minimum Gasteiger partial charge on any atom is -0.481 e. The van der Waals surface area contributed by atoms with Crippen molar-refractivity contribution in [1.29, 1.82) is 0 Å².